The van der Waals surface area contributed by atoms with Gasteiger partial charge in [0.2, 0.25) is 0 Å². The van der Waals surface area contributed by atoms with Crippen LogP contribution in [0.5, 0.6) is 0 Å². The fourth-order valence-corrected chi connectivity index (χ4v) is 7.33. The molecule has 7 heteroatoms. The molecule has 0 aliphatic rings. The molecule has 10 rings (SSSR count). The Labute approximate surface area is 284 Å². The molecule has 0 amide bonds. The van der Waals surface area contributed by atoms with E-state index in [1.165, 1.54) is 11.7 Å². The van der Waals surface area contributed by atoms with Gasteiger partial charge in [0.05, 0.1) is 22.9 Å². The molecule has 10 aromatic rings. The first-order valence-electron chi connectivity index (χ1n) is 16.0. The van der Waals surface area contributed by atoms with Crippen LogP contribution in [0.3, 0.4) is 0 Å². The van der Waals surface area contributed by atoms with Gasteiger partial charge in [0, 0.05) is 38.4 Å². The third kappa shape index (κ3) is 4.63. The van der Waals surface area contributed by atoms with Gasteiger partial charge in [-0.15, -0.1) is 0 Å². The van der Waals surface area contributed by atoms with Gasteiger partial charge in [-0.2, -0.15) is 8.75 Å². The molecule has 3 heterocycles. The molecule has 49 heavy (non-hydrogen) atoms. The van der Waals surface area contributed by atoms with Crippen LogP contribution in [-0.2, 0) is 0 Å². The highest BCUT2D eigenvalue weighted by Crippen LogP contribution is 2.41. The lowest BCUT2D eigenvalue weighted by atomic mass is 9.96. The normalized spacial score (nSPS) is 11.7. The number of nitrogens with zero attached hydrogens (tertiary/aromatic N) is 6. The van der Waals surface area contributed by atoms with Gasteiger partial charge in [0.25, 0.3) is 0 Å². The van der Waals surface area contributed by atoms with E-state index in [1.54, 1.807) is 0 Å². The van der Waals surface area contributed by atoms with Gasteiger partial charge in [0.1, 0.15) is 11.0 Å². The fraction of sp³-hybridized carbons (Fsp3) is 0. The van der Waals surface area contributed by atoms with Crippen molar-refractivity contribution in [2.45, 2.75) is 0 Å². The molecule has 0 N–H and O–H groups in total. The van der Waals surface area contributed by atoms with Gasteiger partial charge >= 0.3 is 0 Å². The molecule has 0 saturated heterocycles. The number of rotatable bonds is 4. The molecule has 0 bridgehead atoms. The van der Waals surface area contributed by atoms with E-state index in [1.807, 2.05) is 30.3 Å². The zero-order valence-electron chi connectivity index (χ0n) is 25.9. The Morgan fingerprint density at radius 3 is 1.65 bits per heavy atom. The molecule has 6 nitrogen and oxygen atoms in total. The monoisotopic (exact) mass is 644 g/mol. The standard InChI is InChI=1S/C42H24N6S/c1-2-12-27(13-3-1)37-33-24-34(38-39(48-49-47-38)36(33)32-16-8-9-17-35(32)43-37)42-45-40(30-20-18-25-10-4-6-14-28(25)22-30)44-41(46-42)31-21-19-26-11-5-7-15-29(26)23-31/h1-24H. The average Bonchev–Trinajstić information content (AvgIpc) is 3.67. The van der Waals surface area contributed by atoms with Gasteiger partial charge in [0.15, 0.2) is 17.5 Å². The number of hydrogen-bond acceptors (Lipinski definition) is 7. The van der Waals surface area contributed by atoms with Crippen molar-refractivity contribution < 1.29 is 0 Å². The maximum absolute atomic E-state index is 5.19. The predicted octanol–water partition coefficient (Wildman–Crippen LogP) is 10.6. The smallest absolute Gasteiger partial charge is 0.166 e. The first-order chi connectivity index (χ1) is 24.3. The summed E-state index contributed by atoms with van der Waals surface area (Å²) in [7, 11) is 0. The number of hydrogen-bond donors (Lipinski definition) is 0. The van der Waals surface area contributed by atoms with Crippen molar-refractivity contribution in [2.75, 3.05) is 0 Å². The van der Waals surface area contributed by atoms with Crippen molar-refractivity contribution in [2.24, 2.45) is 0 Å². The second-order valence-corrected chi connectivity index (χ2v) is 12.6. The predicted molar refractivity (Wildman–Crippen MR) is 200 cm³/mol. The molecule has 0 aliphatic carbocycles. The van der Waals surface area contributed by atoms with Crippen LogP contribution in [-0.4, -0.2) is 28.7 Å². The first kappa shape index (κ1) is 27.7. The zero-order chi connectivity index (χ0) is 32.3. The van der Waals surface area contributed by atoms with Gasteiger partial charge in [-0.3, -0.25) is 0 Å². The van der Waals surface area contributed by atoms with Crippen molar-refractivity contribution >= 4 is 66.0 Å². The number of aromatic nitrogens is 6. The Hall–Kier alpha value is -6.44. The lowest BCUT2D eigenvalue weighted by Crippen LogP contribution is -2.01. The zero-order valence-corrected chi connectivity index (χ0v) is 26.8. The highest BCUT2D eigenvalue weighted by Gasteiger charge is 2.22. The van der Waals surface area contributed by atoms with Crippen molar-refractivity contribution in [3.05, 3.63) is 146 Å². The summed E-state index contributed by atoms with van der Waals surface area (Å²) in [5.41, 5.74) is 7.00. The lowest BCUT2D eigenvalue weighted by molar-refractivity contribution is 1.08. The summed E-state index contributed by atoms with van der Waals surface area (Å²) >= 11 is 1.20. The third-order valence-electron chi connectivity index (χ3n) is 9.14. The van der Waals surface area contributed by atoms with Gasteiger partial charge < -0.3 is 0 Å². The summed E-state index contributed by atoms with van der Waals surface area (Å²) in [5.74, 6) is 1.72. The maximum Gasteiger partial charge on any atom is 0.166 e. The van der Waals surface area contributed by atoms with Gasteiger partial charge in [-0.1, -0.05) is 121 Å². The van der Waals surface area contributed by atoms with Crippen molar-refractivity contribution in [3.63, 3.8) is 0 Å². The number of benzene rings is 7. The van der Waals surface area contributed by atoms with Crippen LogP contribution in [0.1, 0.15) is 0 Å². The third-order valence-corrected chi connectivity index (χ3v) is 9.67. The Morgan fingerprint density at radius 2 is 0.959 bits per heavy atom. The first-order valence-corrected chi connectivity index (χ1v) is 16.8. The lowest BCUT2D eigenvalue weighted by Gasteiger charge is -2.13. The minimum Gasteiger partial charge on any atom is -0.247 e. The van der Waals surface area contributed by atoms with Crippen LogP contribution in [0.25, 0.3) is 99.7 Å². The van der Waals surface area contributed by atoms with Crippen molar-refractivity contribution in [1.82, 2.24) is 28.7 Å². The summed E-state index contributed by atoms with van der Waals surface area (Å²) in [6.45, 7) is 0. The van der Waals surface area contributed by atoms with Crippen molar-refractivity contribution in [1.29, 1.82) is 0 Å². The second kappa shape index (κ2) is 11.1. The summed E-state index contributed by atoms with van der Waals surface area (Å²) < 4.78 is 9.73. The minimum atomic E-state index is 0.535. The molecule has 0 spiro atoms. The molecule has 7 aromatic carbocycles. The van der Waals surface area contributed by atoms with E-state index in [0.717, 1.165) is 82.2 Å². The number of pyridine rings is 1. The van der Waals surface area contributed by atoms with E-state index < -0.39 is 0 Å². The largest absolute Gasteiger partial charge is 0.247 e. The van der Waals surface area contributed by atoms with E-state index in [-0.39, 0.29) is 0 Å². The molecule has 228 valence electrons. The molecular weight excluding hydrogens is 621 g/mol. The van der Waals surface area contributed by atoms with Gasteiger partial charge in [-0.05, 0) is 45.8 Å². The molecule has 0 unspecified atom stereocenters. The number of para-hydroxylation sites is 1. The average molecular weight is 645 g/mol. The highest BCUT2D eigenvalue weighted by molar-refractivity contribution is 7.00. The second-order valence-electron chi connectivity index (χ2n) is 12.1. The molecule has 0 aliphatic heterocycles. The number of fused-ring (bicyclic) bond motifs is 7. The summed E-state index contributed by atoms with van der Waals surface area (Å²) in [6, 6.07) is 50.0. The van der Waals surface area contributed by atoms with E-state index in [0.29, 0.717) is 17.5 Å². The molecule has 0 saturated carbocycles. The van der Waals surface area contributed by atoms with Crippen LogP contribution in [0.2, 0.25) is 0 Å². The Bertz CT molecular complexity index is 2800. The quantitative estimate of drug-likeness (QED) is 0.177. The van der Waals surface area contributed by atoms with Crippen LogP contribution < -0.4 is 0 Å². The van der Waals surface area contributed by atoms with Crippen LogP contribution in [0.4, 0.5) is 0 Å². The summed E-state index contributed by atoms with van der Waals surface area (Å²) in [5, 5.41) is 7.59. The van der Waals surface area contributed by atoms with Crippen LogP contribution in [0, 0.1) is 0 Å². The Balaban J connectivity index is 1.28. The summed E-state index contributed by atoms with van der Waals surface area (Å²) in [4.78, 5) is 20.6. The van der Waals surface area contributed by atoms with Crippen LogP contribution in [0.15, 0.2) is 146 Å². The SMILES string of the molecule is c1ccc(-c2nc3ccccc3c3c2cc(-c2nc(-c4ccc5ccccc5c4)nc(-c4ccc5ccccc5c4)n2)c2nsnc23)cc1. The maximum atomic E-state index is 5.19. The topological polar surface area (TPSA) is 77.3 Å². The molecule has 0 fully saturated rings. The molecule has 0 atom stereocenters. The fourth-order valence-electron chi connectivity index (χ4n) is 6.76. The Morgan fingerprint density at radius 1 is 0.388 bits per heavy atom. The van der Waals surface area contributed by atoms with E-state index in [9.17, 15) is 0 Å². The van der Waals surface area contributed by atoms with Crippen LogP contribution >= 0.6 is 11.7 Å². The Kier molecular flexibility index (Phi) is 6.25. The molecular formula is C42H24N6S. The van der Waals surface area contributed by atoms with E-state index >= 15 is 0 Å². The summed E-state index contributed by atoms with van der Waals surface area (Å²) in [6.07, 6.45) is 0. The van der Waals surface area contributed by atoms with Gasteiger partial charge in [-0.25, -0.2) is 19.9 Å². The minimum absolute atomic E-state index is 0.535. The highest BCUT2D eigenvalue weighted by atomic mass is 32.1. The molecule has 3 aromatic heterocycles. The van der Waals surface area contributed by atoms with Crippen molar-refractivity contribution in [3.8, 4) is 45.4 Å². The van der Waals surface area contributed by atoms with E-state index in [4.69, 9.17) is 28.7 Å². The van der Waals surface area contributed by atoms with E-state index in [2.05, 4.69) is 115 Å². The molecule has 0 radical (unpaired) electrons.